The van der Waals surface area contributed by atoms with Gasteiger partial charge >= 0.3 is 0 Å². The number of aromatic nitrogens is 1. The number of rotatable bonds is 4. The van der Waals surface area contributed by atoms with E-state index in [1.54, 1.807) is 29.7 Å². The second kappa shape index (κ2) is 6.48. The van der Waals surface area contributed by atoms with Crippen molar-refractivity contribution in [3.05, 3.63) is 68.4 Å². The summed E-state index contributed by atoms with van der Waals surface area (Å²) < 4.78 is 5.45. The molecule has 1 aromatic carbocycles. The summed E-state index contributed by atoms with van der Waals surface area (Å²) in [5.41, 5.74) is 1.61. The molecule has 0 N–H and O–H groups in total. The van der Waals surface area contributed by atoms with Gasteiger partial charge in [-0.25, -0.2) is 4.98 Å². The van der Waals surface area contributed by atoms with Gasteiger partial charge in [0, 0.05) is 29.2 Å². The lowest BCUT2D eigenvalue weighted by molar-refractivity contribution is -0.384. The molecule has 0 saturated carbocycles. The highest BCUT2D eigenvalue weighted by atomic mass is 32.1. The van der Waals surface area contributed by atoms with E-state index in [9.17, 15) is 15.4 Å². The van der Waals surface area contributed by atoms with Gasteiger partial charge in [0.2, 0.25) is 0 Å². The van der Waals surface area contributed by atoms with Gasteiger partial charge in [0.1, 0.15) is 22.6 Å². The largest absolute Gasteiger partial charge is 0.462 e. The van der Waals surface area contributed by atoms with Gasteiger partial charge in [-0.1, -0.05) is 12.1 Å². The summed E-state index contributed by atoms with van der Waals surface area (Å²) in [6.45, 7) is 1.83. The van der Waals surface area contributed by atoms with E-state index in [1.807, 2.05) is 13.0 Å². The van der Waals surface area contributed by atoms with E-state index >= 15 is 0 Å². The highest BCUT2D eigenvalue weighted by molar-refractivity contribution is 7.11. The summed E-state index contributed by atoms with van der Waals surface area (Å²) in [6, 6.07) is 12.0. The second-order valence-electron chi connectivity index (χ2n) is 4.96. The number of thiazole rings is 1. The van der Waals surface area contributed by atoms with E-state index in [1.165, 1.54) is 23.5 Å². The van der Waals surface area contributed by atoms with Crippen molar-refractivity contribution < 1.29 is 9.34 Å². The van der Waals surface area contributed by atoms with Gasteiger partial charge < -0.3 is 4.42 Å². The molecule has 0 amide bonds. The third kappa shape index (κ3) is 3.24. The Balaban J connectivity index is 1.95. The van der Waals surface area contributed by atoms with Crippen molar-refractivity contribution in [3.8, 4) is 17.3 Å². The average Bonchev–Trinajstić information content (AvgIpc) is 3.22. The molecule has 0 bridgehead atoms. The molecule has 0 fully saturated rings. The van der Waals surface area contributed by atoms with Gasteiger partial charge in [-0.15, -0.1) is 11.3 Å². The Hall–Kier alpha value is -3.24. The van der Waals surface area contributed by atoms with Crippen LogP contribution < -0.4 is 0 Å². The molecule has 2 heterocycles. The van der Waals surface area contributed by atoms with Crippen LogP contribution in [0.5, 0.6) is 0 Å². The van der Waals surface area contributed by atoms with E-state index in [-0.39, 0.29) is 5.69 Å². The van der Waals surface area contributed by atoms with Gasteiger partial charge in [0.05, 0.1) is 16.2 Å². The zero-order valence-corrected chi connectivity index (χ0v) is 13.4. The number of hydrogen-bond donors (Lipinski definition) is 0. The molecule has 7 heteroatoms. The molecule has 0 unspecified atom stereocenters. The lowest BCUT2D eigenvalue weighted by Crippen LogP contribution is -1.88. The molecule has 3 rings (SSSR count). The van der Waals surface area contributed by atoms with Gasteiger partial charge in [-0.05, 0) is 19.1 Å². The lowest BCUT2D eigenvalue weighted by Gasteiger charge is -1.97. The maximum Gasteiger partial charge on any atom is 0.270 e. The molecule has 0 aliphatic carbocycles. The number of benzene rings is 1. The smallest absolute Gasteiger partial charge is 0.270 e. The van der Waals surface area contributed by atoms with Gasteiger partial charge in [-0.3, -0.25) is 10.1 Å². The third-order valence-electron chi connectivity index (χ3n) is 3.26. The number of nitrogens with zero attached hydrogens (tertiary/aromatic N) is 3. The molecule has 0 spiro atoms. The van der Waals surface area contributed by atoms with E-state index in [4.69, 9.17) is 4.42 Å². The fourth-order valence-electron chi connectivity index (χ4n) is 2.12. The molecule has 2 aromatic heterocycles. The van der Waals surface area contributed by atoms with Crippen molar-refractivity contribution in [1.29, 1.82) is 5.26 Å². The van der Waals surface area contributed by atoms with E-state index in [2.05, 4.69) is 11.1 Å². The van der Waals surface area contributed by atoms with E-state index < -0.39 is 4.92 Å². The first-order chi connectivity index (χ1) is 11.6. The summed E-state index contributed by atoms with van der Waals surface area (Å²) in [5, 5.41) is 22.5. The zero-order chi connectivity index (χ0) is 17.1. The van der Waals surface area contributed by atoms with Gasteiger partial charge in [0.15, 0.2) is 0 Å². The van der Waals surface area contributed by atoms with Crippen molar-refractivity contribution >= 4 is 28.7 Å². The highest BCUT2D eigenvalue weighted by Crippen LogP contribution is 2.29. The second-order valence-corrected chi connectivity index (χ2v) is 5.82. The van der Waals surface area contributed by atoms with Crippen LogP contribution in [-0.2, 0) is 0 Å². The van der Waals surface area contributed by atoms with Crippen LogP contribution in [0.4, 0.5) is 5.69 Å². The summed E-state index contributed by atoms with van der Waals surface area (Å²) >= 11 is 1.30. The maximum absolute atomic E-state index is 10.9. The van der Waals surface area contributed by atoms with Crippen molar-refractivity contribution in [2.24, 2.45) is 0 Å². The average molecular weight is 337 g/mol. The summed E-state index contributed by atoms with van der Waals surface area (Å²) in [5.74, 6) is 1.34. The Bertz CT molecular complexity index is 979. The first-order valence-corrected chi connectivity index (χ1v) is 7.84. The molecule has 3 aromatic rings. The van der Waals surface area contributed by atoms with Crippen LogP contribution in [0.1, 0.15) is 16.5 Å². The van der Waals surface area contributed by atoms with E-state index in [0.29, 0.717) is 27.6 Å². The predicted octanol–water partition coefficient (Wildman–Crippen LogP) is 4.68. The predicted molar refractivity (Wildman–Crippen MR) is 91.1 cm³/mol. The molecule has 118 valence electrons. The molecular weight excluding hydrogens is 326 g/mol. The van der Waals surface area contributed by atoms with Crippen LogP contribution in [0.2, 0.25) is 0 Å². The SMILES string of the molecule is Cc1ccc(/C=C(\C#N)c2nc(-c3cccc([N+](=O)[O-])c3)cs2)o1. The Kier molecular flexibility index (Phi) is 4.22. The number of aryl methyl sites for hydroxylation is 1. The lowest BCUT2D eigenvalue weighted by atomic mass is 10.1. The van der Waals surface area contributed by atoms with Crippen molar-refractivity contribution in [1.82, 2.24) is 4.98 Å². The standard InChI is InChI=1S/C17H11N3O3S/c1-11-5-6-15(23-11)8-13(9-18)17-19-16(10-24-17)12-3-2-4-14(7-12)20(21)22/h2-8,10H,1H3/b13-8+. The fraction of sp³-hybridized carbons (Fsp3) is 0.0588. The maximum atomic E-state index is 10.9. The molecule has 6 nitrogen and oxygen atoms in total. The van der Waals surface area contributed by atoms with Crippen molar-refractivity contribution in [2.45, 2.75) is 6.92 Å². The molecule has 24 heavy (non-hydrogen) atoms. The Morgan fingerprint density at radius 2 is 2.25 bits per heavy atom. The van der Waals surface area contributed by atoms with Crippen LogP contribution in [0.15, 0.2) is 46.2 Å². The van der Waals surface area contributed by atoms with E-state index in [0.717, 1.165) is 5.76 Å². The monoisotopic (exact) mass is 337 g/mol. The van der Waals surface area contributed by atoms with Crippen LogP contribution in [-0.4, -0.2) is 9.91 Å². The van der Waals surface area contributed by atoms with Crippen molar-refractivity contribution in [3.63, 3.8) is 0 Å². The molecule has 0 aliphatic rings. The minimum Gasteiger partial charge on any atom is -0.462 e. The number of furan rings is 1. The van der Waals surface area contributed by atoms with Crippen LogP contribution in [0.25, 0.3) is 22.9 Å². The summed E-state index contributed by atoms with van der Waals surface area (Å²) in [6.07, 6.45) is 1.63. The first-order valence-electron chi connectivity index (χ1n) is 6.96. The fourth-order valence-corrected chi connectivity index (χ4v) is 2.92. The summed E-state index contributed by atoms with van der Waals surface area (Å²) in [4.78, 5) is 14.8. The van der Waals surface area contributed by atoms with Crippen LogP contribution in [0, 0.1) is 28.4 Å². The van der Waals surface area contributed by atoms with Gasteiger partial charge in [-0.2, -0.15) is 5.26 Å². The topological polar surface area (TPSA) is 93.0 Å². The Morgan fingerprint density at radius 3 is 2.92 bits per heavy atom. The zero-order valence-electron chi connectivity index (χ0n) is 12.6. The minimum atomic E-state index is -0.448. The molecule has 0 atom stereocenters. The van der Waals surface area contributed by atoms with Gasteiger partial charge in [0.25, 0.3) is 5.69 Å². The number of nitro groups is 1. The molecule has 0 saturated heterocycles. The third-order valence-corrected chi connectivity index (χ3v) is 4.13. The number of non-ortho nitro benzene ring substituents is 1. The quantitative estimate of drug-likeness (QED) is 0.391. The molecule has 0 aliphatic heterocycles. The number of allylic oxidation sites excluding steroid dienone is 1. The Labute approximate surface area is 141 Å². The normalized spacial score (nSPS) is 11.2. The first kappa shape index (κ1) is 15.6. The minimum absolute atomic E-state index is 0.00385. The van der Waals surface area contributed by atoms with Crippen LogP contribution >= 0.6 is 11.3 Å². The molecule has 0 radical (unpaired) electrons. The van der Waals surface area contributed by atoms with Crippen LogP contribution in [0.3, 0.4) is 0 Å². The number of nitro benzene ring substituents is 1. The summed E-state index contributed by atoms with van der Waals surface area (Å²) in [7, 11) is 0. The van der Waals surface area contributed by atoms with Crippen molar-refractivity contribution in [2.75, 3.05) is 0 Å². The Morgan fingerprint density at radius 1 is 1.42 bits per heavy atom. The molecular formula is C17H11N3O3S. The number of hydrogen-bond acceptors (Lipinski definition) is 6. The number of nitriles is 1. The highest BCUT2D eigenvalue weighted by Gasteiger charge is 2.12.